The smallest absolute Gasteiger partial charge is 0.0589 e. The molecule has 0 unspecified atom stereocenters. The van der Waals surface area contributed by atoms with Crippen LogP contribution in [-0.4, -0.2) is 64.6 Å². The zero-order valence-corrected chi connectivity index (χ0v) is 12.7. The lowest BCUT2D eigenvalue weighted by Gasteiger charge is -2.24. The van der Waals surface area contributed by atoms with Crippen molar-refractivity contribution in [2.24, 2.45) is 5.92 Å². The minimum absolute atomic E-state index is 0.708. The standard InChI is InChI=1S/C14H32N2O2/c1-5-18-11-6-7-15-8-9-16(10-12-17-4)13-14(2)3/h14-15H,5-13H2,1-4H3. The summed E-state index contributed by atoms with van der Waals surface area (Å²) < 4.78 is 10.4. The third kappa shape index (κ3) is 12.3. The van der Waals surface area contributed by atoms with Gasteiger partial charge in [0.05, 0.1) is 6.61 Å². The van der Waals surface area contributed by atoms with Crippen LogP contribution in [0.4, 0.5) is 0 Å². The first-order valence-electron chi connectivity index (χ1n) is 7.20. The van der Waals surface area contributed by atoms with E-state index in [1.165, 1.54) is 0 Å². The van der Waals surface area contributed by atoms with Gasteiger partial charge in [0.15, 0.2) is 0 Å². The molecule has 0 aliphatic rings. The number of methoxy groups -OCH3 is 1. The van der Waals surface area contributed by atoms with Gasteiger partial charge in [-0.05, 0) is 25.8 Å². The Labute approximate surface area is 113 Å². The maximum absolute atomic E-state index is 5.30. The molecule has 0 aromatic heterocycles. The summed E-state index contributed by atoms with van der Waals surface area (Å²) in [5.74, 6) is 0.708. The highest BCUT2D eigenvalue weighted by Gasteiger charge is 2.06. The minimum Gasteiger partial charge on any atom is -0.383 e. The maximum Gasteiger partial charge on any atom is 0.0589 e. The minimum atomic E-state index is 0.708. The Hall–Kier alpha value is -0.160. The van der Waals surface area contributed by atoms with Gasteiger partial charge in [-0.15, -0.1) is 0 Å². The van der Waals surface area contributed by atoms with Crippen molar-refractivity contribution in [1.29, 1.82) is 0 Å². The SMILES string of the molecule is CCOCCCNCCN(CCOC)CC(C)C. The first-order valence-corrected chi connectivity index (χ1v) is 7.20. The highest BCUT2D eigenvalue weighted by atomic mass is 16.5. The number of ether oxygens (including phenoxy) is 2. The van der Waals surface area contributed by atoms with Crippen molar-refractivity contribution in [2.75, 3.05) is 59.7 Å². The van der Waals surface area contributed by atoms with Crippen LogP contribution >= 0.6 is 0 Å². The van der Waals surface area contributed by atoms with Crippen LogP contribution in [0.5, 0.6) is 0 Å². The molecule has 18 heavy (non-hydrogen) atoms. The molecule has 1 N–H and O–H groups in total. The molecule has 4 nitrogen and oxygen atoms in total. The van der Waals surface area contributed by atoms with Crippen LogP contribution in [0.3, 0.4) is 0 Å². The molecule has 0 radical (unpaired) electrons. The molecular formula is C14H32N2O2. The summed E-state index contributed by atoms with van der Waals surface area (Å²) in [7, 11) is 1.76. The zero-order valence-electron chi connectivity index (χ0n) is 12.7. The second kappa shape index (κ2) is 13.3. The van der Waals surface area contributed by atoms with E-state index in [1.54, 1.807) is 7.11 Å². The summed E-state index contributed by atoms with van der Waals surface area (Å²) in [6, 6.07) is 0. The number of hydrogen-bond donors (Lipinski definition) is 1. The van der Waals surface area contributed by atoms with E-state index in [2.05, 4.69) is 24.1 Å². The maximum atomic E-state index is 5.30. The summed E-state index contributed by atoms with van der Waals surface area (Å²) in [6.45, 7) is 14.4. The van der Waals surface area contributed by atoms with E-state index in [0.717, 1.165) is 59.0 Å². The van der Waals surface area contributed by atoms with E-state index in [4.69, 9.17) is 9.47 Å². The van der Waals surface area contributed by atoms with Crippen molar-refractivity contribution < 1.29 is 9.47 Å². The Balaban J connectivity index is 3.49. The molecular weight excluding hydrogens is 228 g/mol. The van der Waals surface area contributed by atoms with Gasteiger partial charge < -0.3 is 14.8 Å². The second-order valence-electron chi connectivity index (χ2n) is 4.99. The summed E-state index contributed by atoms with van der Waals surface area (Å²) in [5.41, 5.74) is 0. The van der Waals surface area contributed by atoms with Crippen molar-refractivity contribution in [2.45, 2.75) is 27.2 Å². The van der Waals surface area contributed by atoms with Crippen molar-refractivity contribution in [3.8, 4) is 0 Å². The highest BCUT2D eigenvalue weighted by molar-refractivity contribution is 4.62. The summed E-state index contributed by atoms with van der Waals surface area (Å²) >= 11 is 0. The lowest BCUT2D eigenvalue weighted by atomic mass is 10.2. The van der Waals surface area contributed by atoms with E-state index < -0.39 is 0 Å². The van der Waals surface area contributed by atoms with Gasteiger partial charge in [-0.1, -0.05) is 13.8 Å². The Morgan fingerprint density at radius 3 is 2.50 bits per heavy atom. The zero-order chi connectivity index (χ0) is 13.6. The van der Waals surface area contributed by atoms with Gasteiger partial charge in [-0.2, -0.15) is 0 Å². The van der Waals surface area contributed by atoms with Crippen LogP contribution in [0.15, 0.2) is 0 Å². The largest absolute Gasteiger partial charge is 0.383 e. The van der Waals surface area contributed by atoms with Crippen molar-refractivity contribution in [1.82, 2.24) is 10.2 Å². The first kappa shape index (κ1) is 17.8. The lowest BCUT2D eigenvalue weighted by Crippen LogP contribution is -2.37. The number of nitrogens with one attached hydrogen (secondary N) is 1. The van der Waals surface area contributed by atoms with Gasteiger partial charge in [0.2, 0.25) is 0 Å². The molecule has 0 heterocycles. The second-order valence-corrected chi connectivity index (χ2v) is 4.99. The predicted molar refractivity (Wildman–Crippen MR) is 77.1 cm³/mol. The van der Waals surface area contributed by atoms with Gasteiger partial charge in [0, 0.05) is 46.5 Å². The molecule has 0 aliphatic heterocycles. The summed E-state index contributed by atoms with van der Waals surface area (Å²) in [5, 5.41) is 3.46. The van der Waals surface area contributed by atoms with Gasteiger partial charge in [0.25, 0.3) is 0 Å². The average molecular weight is 260 g/mol. The van der Waals surface area contributed by atoms with Gasteiger partial charge >= 0.3 is 0 Å². The Morgan fingerprint density at radius 2 is 1.89 bits per heavy atom. The van der Waals surface area contributed by atoms with Crippen LogP contribution in [0, 0.1) is 5.92 Å². The van der Waals surface area contributed by atoms with E-state index in [0.29, 0.717) is 5.92 Å². The normalized spacial score (nSPS) is 11.7. The first-order chi connectivity index (χ1) is 8.70. The fourth-order valence-electron chi connectivity index (χ4n) is 1.84. The van der Waals surface area contributed by atoms with Gasteiger partial charge in [-0.3, -0.25) is 4.90 Å². The van der Waals surface area contributed by atoms with Gasteiger partial charge in [-0.25, -0.2) is 0 Å². The quantitative estimate of drug-likeness (QED) is 0.510. The van der Waals surface area contributed by atoms with E-state index in [9.17, 15) is 0 Å². The van der Waals surface area contributed by atoms with Crippen LogP contribution in [0.1, 0.15) is 27.2 Å². The molecule has 0 aromatic carbocycles. The van der Waals surface area contributed by atoms with E-state index in [1.807, 2.05) is 6.92 Å². The van der Waals surface area contributed by atoms with Crippen LogP contribution in [0.25, 0.3) is 0 Å². The number of rotatable bonds is 13. The monoisotopic (exact) mass is 260 g/mol. The molecule has 0 rings (SSSR count). The molecule has 0 fully saturated rings. The molecule has 4 heteroatoms. The molecule has 0 saturated carbocycles. The van der Waals surface area contributed by atoms with Crippen LogP contribution in [0.2, 0.25) is 0 Å². The molecule has 0 saturated heterocycles. The molecule has 0 amide bonds. The van der Waals surface area contributed by atoms with Gasteiger partial charge in [0.1, 0.15) is 0 Å². The molecule has 110 valence electrons. The summed E-state index contributed by atoms with van der Waals surface area (Å²) in [4.78, 5) is 2.46. The highest BCUT2D eigenvalue weighted by Crippen LogP contribution is 1.97. The summed E-state index contributed by atoms with van der Waals surface area (Å²) in [6.07, 6.45) is 1.09. The Morgan fingerprint density at radius 1 is 1.11 bits per heavy atom. The van der Waals surface area contributed by atoms with Crippen molar-refractivity contribution >= 4 is 0 Å². The Kier molecular flexibility index (Phi) is 13.2. The molecule has 0 spiro atoms. The molecule has 0 aromatic rings. The lowest BCUT2D eigenvalue weighted by molar-refractivity contribution is 0.137. The number of hydrogen-bond acceptors (Lipinski definition) is 4. The Bertz CT molecular complexity index is 166. The number of nitrogens with zero attached hydrogens (tertiary/aromatic N) is 1. The van der Waals surface area contributed by atoms with Crippen LogP contribution in [-0.2, 0) is 9.47 Å². The molecule has 0 atom stereocenters. The van der Waals surface area contributed by atoms with E-state index >= 15 is 0 Å². The third-order valence-electron chi connectivity index (χ3n) is 2.69. The third-order valence-corrected chi connectivity index (χ3v) is 2.69. The predicted octanol–water partition coefficient (Wildman–Crippen LogP) is 1.61. The van der Waals surface area contributed by atoms with Crippen LogP contribution < -0.4 is 5.32 Å². The fourth-order valence-corrected chi connectivity index (χ4v) is 1.84. The van der Waals surface area contributed by atoms with Crippen molar-refractivity contribution in [3.05, 3.63) is 0 Å². The topological polar surface area (TPSA) is 33.7 Å². The molecule has 0 bridgehead atoms. The average Bonchev–Trinajstić information content (AvgIpc) is 2.34. The molecule has 0 aliphatic carbocycles. The fraction of sp³-hybridized carbons (Fsp3) is 1.00. The van der Waals surface area contributed by atoms with E-state index in [-0.39, 0.29) is 0 Å². The van der Waals surface area contributed by atoms with Crippen molar-refractivity contribution in [3.63, 3.8) is 0 Å².